The number of fused-ring (bicyclic) bond motifs is 11. The third kappa shape index (κ3) is 4.44. The summed E-state index contributed by atoms with van der Waals surface area (Å²) in [6.45, 7) is 12.3. The Balaban J connectivity index is 1.37. The molecule has 2 atom stereocenters. The fraction of sp³-hybridized carbons (Fsp3) is 0.378. The predicted octanol–water partition coefficient (Wildman–Crippen LogP) is 11.6. The molecule has 0 bridgehead atoms. The molecule has 256 valence electrons. The van der Waals surface area contributed by atoms with Crippen molar-refractivity contribution in [3.8, 4) is 22.6 Å². The van der Waals surface area contributed by atoms with Gasteiger partial charge in [0.1, 0.15) is 17.3 Å². The molecule has 9 rings (SSSR count). The summed E-state index contributed by atoms with van der Waals surface area (Å²) in [4.78, 5) is 1.28. The minimum Gasteiger partial charge on any atom is -0.497 e. The molecule has 0 radical (unpaired) electrons. The lowest BCUT2D eigenvalue weighted by molar-refractivity contribution is 0.0126. The number of hydrogen-bond donors (Lipinski definition) is 1. The van der Waals surface area contributed by atoms with E-state index in [1.54, 1.807) is 14.2 Å². The van der Waals surface area contributed by atoms with Crippen LogP contribution in [0.4, 0.5) is 5.69 Å². The van der Waals surface area contributed by atoms with Gasteiger partial charge in [0.15, 0.2) is 5.60 Å². The van der Waals surface area contributed by atoms with Crippen molar-refractivity contribution in [3.05, 3.63) is 113 Å². The van der Waals surface area contributed by atoms with Gasteiger partial charge in [0.05, 0.1) is 20.1 Å². The zero-order chi connectivity index (χ0) is 34.7. The SMILES string of the molecule is COC1=CCC(C)(C2(c3ccc(OC)cc3)C=Cc3c4c(c5cc6c(cc5c3O2)SCN6)-c2ccccc2C42CC(C)(C)CC(C)(C)C2)C=C1. The van der Waals surface area contributed by atoms with Crippen LogP contribution in [0.5, 0.6) is 11.5 Å². The third-order valence-corrected chi connectivity index (χ3v) is 13.2. The van der Waals surface area contributed by atoms with Crippen LogP contribution in [-0.4, -0.2) is 20.1 Å². The van der Waals surface area contributed by atoms with Crippen LogP contribution in [0.2, 0.25) is 0 Å². The first-order valence-electron chi connectivity index (χ1n) is 18.0. The first-order chi connectivity index (χ1) is 23.9. The van der Waals surface area contributed by atoms with Crippen LogP contribution in [0.15, 0.2) is 95.6 Å². The quantitative estimate of drug-likeness (QED) is 0.232. The lowest BCUT2D eigenvalue weighted by atomic mass is 9.52. The summed E-state index contributed by atoms with van der Waals surface area (Å²) in [6.07, 6.45) is 15.6. The molecule has 2 unspecified atom stereocenters. The van der Waals surface area contributed by atoms with E-state index in [1.807, 2.05) is 11.8 Å². The normalized spacial score (nSPS) is 25.9. The Labute approximate surface area is 301 Å². The van der Waals surface area contributed by atoms with Crippen LogP contribution in [0, 0.1) is 16.2 Å². The molecule has 2 heterocycles. The molecule has 0 saturated heterocycles. The fourth-order valence-electron chi connectivity index (χ4n) is 10.9. The highest BCUT2D eigenvalue weighted by atomic mass is 32.2. The second-order valence-corrected chi connectivity index (χ2v) is 18.0. The number of allylic oxidation sites excluding steroid dienone is 2. The average molecular weight is 682 g/mol. The number of nitrogens with one attached hydrogen (secondary N) is 1. The summed E-state index contributed by atoms with van der Waals surface area (Å²) < 4.78 is 19.1. The van der Waals surface area contributed by atoms with E-state index in [0.29, 0.717) is 0 Å². The van der Waals surface area contributed by atoms with Gasteiger partial charge >= 0.3 is 0 Å². The summed E-state index contributed by atoms with van der Waals surface area (Å²) in [5.41, 5.74) is 8.32. The van der Waals surface area contributed by atoms with Gasteiger partial charge in [0.25, 0.3) is 0 Å². The number of methoxy groups -OCH3 is 2. The van der Waals surface area contributed by atoms with Crippen molar-refractivity contribution < 1.29 is 14.2 Å². The Hall–Kier alpha value is -4.09. The lowest BCUT2D eigenvalue weighted by Gasteiger charge is -2.53. The molecular formula is C45H47NO3S. The van der Waals surface area contributed by atoms with Gasteiger partial charge in [-0.05, 0) is 107 Å². The molecule has 3 aliphatic carbocycles. The standard InChI is InChI=1S/C45H47NO3S/c1-41(2)24-42(3,4)26-44(25-41)35-11-9-8-10-31(35)38-33-22-36-37(50-27-46-36)23-34(33)40-32(39(38)44)18-21-45(49-40,28-12-14-29(47-6)15-13-28)43(5)19-16-30(48-7)17-20-43/h8-19,21-23,46H,20,24-27H2,1-7H3. The van der Waals surface area contributed by atoms with Gasteiger partial charge in [-0.25, -0.2) is 0 Å². The molecule has 2 aliphatic heterocycles. The van der Waals surface area contributed by atoms with Crippen molar-refractivity contribution in [3.63, 3.8) is 0 Å². The molecule has 1 N–H and O–H groups in total. The second-order valence-electron chi connectivity index (χ2n) is 17.0. The first-order valence-corrected chi connectivity index (χ1v) is 19.0. The topological polar surface area (TPSA) is 39.7 Å². The monoisotopic (exact) mass is 681 g/mol. The Kier molecular flexibility index (Phi) is 6.83. The molecule has 1 saturated carbocycles. The number of ether oxygens (including phenoxy) is 3. The largest absolute Gasteiger partial charge is 0.497 e. The zero-order valence-electron chi connectivity index (χ0n) is 30.3. The van der Waals surface area contributed by atoms with Crippen molar-refractivity contribution in [1.29, 1.82) is 0 Å². The van der Waals surface area contributed by atoms with E-state index in [4.69, 9.17) is 14.2 Å². The summed E-state index contributed by atoms with van der Waals surface area (Å²) >= 11 is 1.87. The summed E-state index contributed by atoms with van der Waals surface area (Å²) in [5, 5.41) is 6.14. The minimum atomic E-state index is -0.784. The molecule has 1 spiro atoms. The van der Waals surface area contributed by atoms with E-state index >= 15 is 0 Å². The molecule has 5 heteroatoms. The second kappa shape index (κ2) is 10.7. The van der Waals surface area contributed by atoms with E-state index in [0.717, 1.165) is 48.0 Å². The minimum absolute atomic E-state index is 0.130. The highest BCUT2D eigenvalue weighted by Crippen LogP contribution is 2.67. The van der Waals surface area contributed by atoms with E-state index in [9.17, 15) is 0 Å². The van der Waals surface area contributed by atoms with Crippen molar-refractivity contribution in [2.24, 2.45) is 16.2 Å². The number of rotatable bonds is 4. The Bertz CT molecular complexity index is 2160. The fourth-order valence-corrected chi connectivity index (χ4v) is 11.8. The van der Waals surface area contributed by atoms with Crippen LogP contribution in [0.3, 0.4) is 0 Å². The molecule has 1 fully saturated rings. The number of hydrogen-bond acceptors (Lipinski definition) is 5. The first kappa shape index (κ1) is 31.9. The smallest absolute Gasteiger partial charge is 0.162 e. The lowest BCUT2D eigenvalue weighted by Crippen LogP contribution is -2.48. The van der Waals surface area contributed by atoms with Crippen LogP contribution in [0.25, 0.3) is 28.0 Å². The molecule has 0 aromatic heterocycles. The van der Waals surface area contributed by atoms with Crippen LogP contribution in [0.1, 0.15) is 82.6 Å². The summed E-state index contributed by atoms with van der Waals surface area (Å²) in [5.74, 6) is 3.60. The van der Waals surface area contributed by atoms with Crippen molar-refractivity contribution in [2.75, 3.05) is 25.4 Å². The molecule has 4 aromatic rings. The van der Waals surface area contributed by atoms with Crippen LogP contribution >= 0.6 is 11.8 Å². The maximum atomic E-state index is 7.85. The molecule has 4 nitrogen and oxygen atoms in total. The maximum Gasteiger partial charge on any atom is 0.162 e. The Morgan fingerprint density at radius 1 is 0.800 bits per heavy atom. The molecule has 5 aliphatic rings. The van der Waals surface area contributed by atoms with Crippen molar-refractivity contribution in [1.82, 2.24) is 0 Å². The number of thioether (sulfide) groups is 1. The van der Waals surface area contributed by atoms with Gasteiger partial charge in [0.2, 0.25) is 0 Å². The van der Waals surface area contributed by atoms with E-state index in [2.05, 4.69) is 131 Å². The number of benzene rings is 4. The molecule has 50 heavy (non-hydrogen) atoms. The average Bonchev–Trinajstić information content (AvgIpc) is 3.66. The zero-order valence-corrected chi connectivity index (χ0v) is 31.1. The van der Waals surface area contributed by atoms with Crippen molar-refractivity contribution in [2.45, 2.75) is 76.2 Å². The summed E-state index contributed by atoms with van der Waals surface area (Å²) in [6, 6.07) is 22.6. The highest BCUT2D eigenvalue weighted by Gasteiger charge is 2.57. The van der Waals surface area contributed by atoms with Gasteiger partial charge in [-0.3, -0.25) is 0 Å². The third-order valence-electron chi connectivity index (χ3n) is 12.3. The number of anilines is 1. The predicted molar refractivity (Wildman–Crippen MR) is 207 cm³/mol. The van der Waals surface area contributed by atoms with Gasteiger partial charge < -0.3 is 19.5 Å². The molecule has 4 aromatic carbocycles. The van der Waals surface area contributed by atoms with Gasteiger partial charge in [-0.2, -0.15) is 0 Å². The van der Waals surface area contributed by atoms with Crippen LogP contribution < -0.4 is 14.8 Å². The Morgan fingerprint density at radius 2 is 1.56 bits per heavy atom. The van der Waals surface area contributed by atoms with E-state index in [1.165, 1.54) is 55.6 Å². The highest BCUT2D eigenvalue weighted by molar-refractivity contribution is 7.99. The Morgan fingerprint density at radius 3 is 2.26 bits per heavy atom. The van der Waals surface area contributed by atoms with Crippen molar-refractivity contribution >= 4 is 34.3 Å². The summed E-state index contributed by atoms with van der Waals surface area (Å²) in [7, 11) is 3.46. The van der Waals surface area contributed by atoms with Gasteiger partial charge in [0, 0.05) is 37.9 Å². The van der Waals surface area contributed by atoms with E-state index < -0.39 is 11.0 Å². The maximum absolute atomic E-state index is 7.85. The van der Waals surface area contributed by atoms with Crippen LogP contribution in [-0.2, 0) is 15.8 Å². The van der Waals surface area contributed by atoms with E-state index in [-0.39, 0.29) is 16.2 Å². The van der Waals surface area contributed by atoms with Gasteiger partial charge in [-0.15, -0.1) is 11.8 Å². The molecular weight excluding hydrogens is 635 g/mol. The van der Waals surface area contributed by atoms with Gasteiger partial charge in [-0.1, -0.05) is 83.2 Å². The molecule has 0 amide bonds.